The molecule has 1 aromatic carbocycles. The van der Waals surface area contributed by atoms with Crippen LogP contribution in [-0.2, 0) is 0 Å². The first kappa shape index (κ1) is 14.0. The van der Waals surface area contributed by atoms with Gasteiger partial charge >= 0.3 is 0 Å². The van der Waals surface area contributed by atoms with Gasteiger partial charge in [0.1, 0.15) is 5.82 Å². The zero-order valence-electron chi connectivity index (χ0n) is 10.9. The molecule has 1 N–H and O–H groups in total. The number of rotatable bonds is 4. The number of benzene rings is 1. The van der Waals surface area contributed by atoms with E-state index in [2.05, 4.69) is 17.2 Å². The van der Waals surface area contributed by atoms with Gasteiger partial charge in [-0.1, -0.05) is 23.7 Å². The molecule has 2 aromatic rings. The van der Waals surface area contributed by atoms with Crippen molar-refractivity contribution in [3.05, 3.63) is 64.7 Å². The molecule has 0 aliphatic carbocycles. The van der Waals surface area contributed by atoms with Gasteiger partial charge < -0.3 is 5.32 Å². The van der Waals surface area contributed by atoms with Crippen molar-refractivity contribution in [2.24, 2.45) is 0 Å². The van der Waals surface area contributed by atoms with Crippen LogP contribution < -0.4 is 5.32 Å². The zero-order chi connectivity index (χ0) is 13.8. The van der Waals surface area contributed by atoms with Crippen LogP contribution in [0.4, 0.5) is 4.39 Å². The fourth-order valence-corrected chi connectivity index (χ4v) is 2.11. The Morgan fingerprint density at radius 1 is 1.05 bits per heavy atom. The summed E-state index contributed by atoms with van der Waals surface area (Å²) in [5, 5.41) is 4.13. The SMILES string of the molecule is CC(N[C@H](C)c1ccc(Cl)cc1)c1cncc(F)c1. The molecule has 2 atom stereocenters. The zero-order valence-corrected chi connectivity index (χ0v) is 11.7. The number of hydrogen-bond acceptors (Lipinski definition) is 2. The molecule has 0 radical (unpaired) electrons. The first-order valence-corrected chi connectivity index (χ1v) is 6.56. The minimum Gasteiger partial charge on any atom is -0.304 e. The first-order chi connectivity index (χ1) is 9.06. The topological polar surface area (TPSA) is 24.9 Å². The number of halogens is 2. The summed E-state index contributed by atoms with van der Waals surface area (Å²) < 4.78 is 13.1. The van der Waals surface area contributed by atoms with E-state index in [9.17, 15) is 4.39 Å². The lowest BCUT2D eigenvalue weighted by atomic mass is 10.1. The van der Waals surface area contributed by atoms with Crippen molar-refractivity contribution < 1.29 is 4.39 Å². The lowest BCUT2D eigenvalue weighted by Crippen LogP contribution is -2.22. The highest BCUT2D eigenvalue weighted by atomic mass is 35.5. The quantitative estimate of drug-likeness (QED) is 0.903. The van der Waals surface area contributed by atoms with Gasteiger partial charge in [-0.15, -0.1) is 0 Å². The van der Waals surface area contributed by atoms with Crippen LogP contribution >= 0.6 is 11.6 Å². The maximum atomic E-state index is 13.1. The van der Waals surface area contributed by atoms with Gasteiger partial charge in [-0.2, -0.15) is 0 Å². The Morgan fingerprint density at radius 2 is 1.68 bits per heavy atom. The first-order valence-electron chi connectivity index (χ1n) is 6.18. The maximum Gasteiger partial charge on any atom is 0.141 e. The average Bonchev–Trinajstić information content (AvgIpc) is 2.39. The van der Waals surface area contributed by atoms with E-state index in [4.69, 9.17) is 11.6 Å². The van der Waals surface area contributed by atoms with Crippen LogP contribution in [-0.4, -0.2) is 4.98 Å². The van der Waals surface area contributed by atoms with Crippen molar-refractivity contribution in [3.8, 4) is 0 Å². The summed E-state index contributed by atoms with van der Waals surface area (Å²) >= 11 is 5.87. The van der Waals surface area contributed by atoms with Crippen molar-refractivity contribution in [3.63, 3.8) is 0 Å². The molecule has 0 aliphatic heterocycles. The lowest BCUT2D eigenvalue weighted by molar-refractivity contribution is 0.490. The molecule has 0 fully saturated rings. The molecule has 0 spiro atoms. The third kappa shape index (κ3) is 3.75. The number of pyridine rings is 1. The molecule has 0 saturated carbocycles. The Balaban J connectivity index is 2.06. The molecule has 19 heavy (non-hydrogen) atoms. The van der Waals surface area contributed by atoms with Crippen LogP contribution in [0.3, 0.4) is 0 Å². The van der Waals surface area contributed by atoms with E-state index in [0.29, 0.717) is 0 Å². The van der Waals surface area contributed by atoms with E-state index in [-0.39, 0.29) is 17.9 Å². The Kier molecular flexibility index (Phi) is 4.51. The smallest absolute Gasteiger partial charge is 0.141 e. The predicted molar refractivity (Wildman–Crippen MR) is 75.6 cm³/mol. The molecular formula is C15H16ClFN2. The third-order valence-corrected chi connectivity index (χ3v) is 3.35. The predicted octanol–water partition coefficient (Wildman–Crippen LogP) is 4.29. The number of aromatic nitrogens is 1. The fraction of sp³-hybridized carbons (Fsp3) is 0.267. The second-order valence-corrected chi connectivity index (χ2v) is 5.03. The molecule has 2 nitrogen and oxygen atoms in total. The fourth-order valence-electron chi connectivity index (χ4n) is 1.98. The van der Waals surface area contributed by atoms with E-state index in [1.165, 1.54) is 12.3 Å². The Bertz CT molecular complexity index is 542. The molecule has 2 rings (SSSR count). The highest BCUT2D eigenvalue weighted by Gasteiger charge is 2.11. The van der Waals surface area contributed by atoms with Gasteiger partial charge in [0.05, 0.1) is 6.20 Å². The van der Waals surface area contributed by atoms with Crippen LogP contribution in [0, 0.1) is 5.82 Å². The maximum absolute atomic E-state index is 13.1. The molecule has 100 valence electrons. The molecule has 0 bridgehead atoms. The normalized spacial score (nSPS) is 14.1. The molecule has 1 aromatic heterocycles. The summed E-state index contributed by atoms with van der Waals surface area (Å²) in [6.07, 6.45) is 2.88. The molecule has 1 heterocycles. The number of hydrogen-bond donors (Lipinski definition) is 1. The minimum absolute atomic E-state index is 0.0221. The molecular weight excluding hydrogens is 263 g/mol. The summed E-state index contributed by atoms with van der Waals surface area (Å²) in [4.78, 5) is 3.86. The second kappa shape index (κ2) is 6.13. The summed E-state index contributed by atoms with van der Waals surface area (Å²) in [7, 11) is 0. The van der Waals surface area contributed by atoms with Crippen molar-refractivity contribution in [2.75, 3.05) is 0 Å². The van der Waals surface area contributed by atoms with Crippen molar-refractivity contribution >= 4 is 11.6 Å². The standard InChI is InChI=1S/C15H16ClFN2/c1-10(12-3-5-14(16)6-4-12)19-11(2)13-7-15(17)9-18-8-13/h3-11,19H,1-2H3/t10-,11?/m1/s1. The Hall–Kier alpha value is -1.45. The van der Waals surface area contributed by atoms with Gasteiger partial charge in [-0.05, 0) is 43.2 Å². The Labute approximate surface area is 117 Å². The number of nitrogens with one attached hydrogen (secondary N) is 1. The number of nitrogens with zero attached hydrogens (tertiary/aromatic N) is 1. The van der Waals surface area contributed by atoms with Gasteiger partial charge in [0.15, 0.2) is 0 Å². The molecule has 0 aliphatic rings. The second-order valence-electron chi connectivity index (χ2n) is 4.60. The monoisotopic (exact) mass is 278 g/mol. The van der Waals surface area contributed by atoms with Gasteiger partial charge in [0.2, 0.25) is 0 Å². The summed E-state index contributed by atoms with van der Waals surface area (Å²) in [6, 6.07) is 9.36. The van der Waals surface area contributed by atoms with E-state index < -0.39 is 0 Å². The highest BCUT2D eigenvalue weighted by Crippen LogP contribution is 2.20. The molecule has 0 saturated heterocycles. The van der Waals surface area contributed by atoms with Crippen molar-refractivity contribution in [1.82, 2.24) is 10.3 Å². The van der Waals surface area contributed by atoms with E-state index in [0.717, 1.165) is 16.1 Å². The van der Waals surface area contributed by atoms with E-state index in [1.54, 1.807) is 6.20 Å². The summed E-state index contributed by atoms with van der Waals surface area (Å²) in [5.74, 6) is -0.315. The van der Waals surface area contributed by atoms with E-state index >= 15 is 0 Å². The van der Waals surface area contributed by atoms with Crippen LogP contribution in [0.2, 0.25) is 5.02 Å². The summed E-state index contributed by atoms with van der Waals surface area (Å²) in [5.41, 5.74) is 1.97. The summed E-state index contributed by atoms with van der Waals surface area (Å²) in [6.45, 7) is 4.05. The molecule has 1 unspecified atom stereocenters. The van der Waals surface area contributed by atoms with Crippen LogP contribution in [0.15, 0.2) is 42.7 Å². The van der Waals surface area contributed by atoms with Crippen LogP contribution in [0.25, 0.3) is 0 Å². The molecule has 0 amide bonds. The third-order valence-electron chi connectivity index (χ3n) is 3.10. The van der Waals surface area contributed by atoms with Crippen LogP contribution in [0.5, 0.6) is 0 Å². The van der Waals surface area contributed by atoms with Crippen LogP contribution in [0.1, 0.15) is 37.1 Å². The Morgan fingerprint density at radius 3 is 2.32 bits per heavy atom. The average molecular weight is 279 g/mol. The van der Waals surface area contributed by atoms with Gasteiger partial charge in [-0.3, -0.25) is 4.98 Å². The molecule has 4 heteroatoms. The van der Waals surface area contributed by atoms with Gasteiger partial charge in [0, 0.05) is 23.3 Å². The largest absolute Gasteiger partial charge is 0.304 e. The van der Waals surface area contributed by atoms with Crippen molar-refractivity contribution in [1.29, 1.82) is 0 Å². The van der Waals surface area contributed by atoms with Gasteiger partial charge in [0.25, 0.3) is 0 Å². The van der Waals surface area contributed by atoms with E-state index in [1.807, 2.05) is 31.2 Å². The lowest BCUT2D eigenvalue weighted by Gasteiger charge is -2.20. The minimum atomic E-state index is -0.315. The van der Waals surface area contributed by atoms with Crippen molar-refractivity contribution in [2.45, 2.75) is 25.9 Å². The van der Waals surface area contributed by atoms with Gasteiger partial charge in [-0.25, -0.2) is 4.39 Å². The highest BCUT2D eigenvalue weighted by molar-refractivity contribution is 6.30.